The lowest BCUT2D eigenvalue weighted by Crippen LogP contribution is -2.43. The largest absolute Gasteiger partial charge is 0.381 e. The maximum Gasteiger partial charge on any atom is 0.310 e. The summed E-state index contributed by atoms with van der Waals surface area (Å²) in [5, 5.41) is 0. The van der Waals surface area contributed by atoms with Crippen molar-refractivity contribution < 1.29 is 17.4 Å². The average molecular weight is 517 g/mol. The first-order valence-corrected chi connectivity index (χ1v) is 14.7. The molecule has 0 spiro atoms. The summed E-state index contributed by atoms with van der Waals surface area (Å²) in [4.78, 5) is 13.2. The highest BCUT2D eigenvalue weighted by atomic mass is 32.2. The summed E-state index contributed by atoms with van der Waals surface area (Å²) in [5.41, 5.74) is 6.17. The molecule has 0 N–H and O–H groups in total. The second-order valence-electron chi connectivity index (χ2n) is 11.7. The van der Waals surface area contributed by atoms with E-state index in [1.54, 1.807) is 0 Å². The molecule has 2 aliphatic carbocycles. The van der Waals surface area contributed by atoms with Gasteiger partial charge in [0.25, 0.3) is 0 Å². The molecule has 2 fully saturated rings. The molecular weight excluding hydrogens is 480 g/mol. The molecule has 0 heterocycles. The molecule has 0 aromatic heterocycles. The molecule has 37 heavy (non-hydrogen) atoms. The molecule has 2 aliphatic rings. The van der Waals surface area contributed by atoms with Crippen LogP contribution in [0, 0.1) is 44.4 Å². The van der Waals surface area contributed by atoms with E-state index < -0.39 is 15.5 Å². The van der Waals surface area contributed by atoms with E-state index in [2.05, 4.69) is 19.9 Å². The summed E-state index contributed by atoms with van der Waals surface area (Å²) in [6.45, 7) is 12.2. The SMILES string of the molecule is Cc1ccccc1-c1c(C)cc(C)c(-c2ccccc2C)c1OS(=O)(=O)C[C@]12CC[C@H](CC1=O)C2(C)C. The Balaban J connectivity index is 1.72. The van der Waals surface area contributed by atoms with E-state index in [4.69, 9.17) is 4.18 Å². The third-order valence-electron chi connectivity index (χ3n) is 9.28. The van der Waals surface area contributed by atoms with Gasteiger partial charge in [-0.15, -0.1) is 0 Å². The second kappa shape index (κ2) is 8.83. The molecule has 5 heteroatoms. The van der Waals surface area contributed by atoms with Crippen LogP contribution in [0.5, 0.6) is 5.75 Å². The van der Waals surface area contributed by atoms with E-state index >= 15 is 0 Å². The number of aryl methyl sites for hydroxylation is 4. The van der Waals surface area contributed by atoms with Gasteiger partial charge in [-0.05, 0) is 85.3 Å². The summed E-state index contributed by atoms with van der Waals surface area (Å²) in [5.74, 6) is 0.381. The molecule has 2 bridgehead atoms. The summed E-state index contributed by atoms with van der Waals surface area (Å²) in [6, 6.07) is 18.1. The summed E-state index contributed by atoms with van der Waals surface area (Å²) in [6.07, 6.45) is 1.96. The fourth-order valence-electron chi connectivity index (χ4n) is 6.98. The Hall–Kier alpha value is -2.92. The zero-order valence-corrected chi connectivity index (χ0v) is 23.5. The monoisotopic (exact) mass is 516 g/mol. The molecule has 3 aromatic carbocycles. The summed E-state index contributed by atoms with van der Waals surface area (Å²) < 4.78 is 34.1. The number of Topliss-reactive ketones (excluding diaryl/α,β-unsaturated/α-hetero) is 1. The third-order valence-corrected chi connectivity index (χ3v) is 10.5. The minimum atomic E-state index is -4.11. The number of ketones is 1. The predicted octanol–water partition coefficient (Wildman–Crippen LogP) is 7.36. The zero-order valence-electron chi connectivity index (χ0n) is 22.6. The third kappa shape index (κ3) is 4.03. The second-order valence-corrected chi connectivity index (χ2v) is 13.2. The van der Waals surface area contributed by atoms with Crippen molar-refractivity contribution in [3.05, 3.63) is 76.9 Å². The van der Waals surface area contributed by atoms with Gasteiger partial charge in [0.1, 0.15) is 5.78 Å². The number of rotatable bonds is 6. The van der Waals surface area contributed by atoms with Crippen LogP contribution in [0.15, 0.2) is 54.6 Å². The minimum absolute atomic E-state index is 0.0691. The van der Waals surface area contributed by atoms with E-state index in [-0.39, 0.29) is 22.9 Å². The lowest BCUT2D eigenvalue weighted by atomic mass is 9.70. The molecule has 2 saturated carbocycles. The molecule has 5 rings (SSSR count). The van der Waals surface area contributed by atoms with Crippen LogP contribution in [-0.2, 0) is 14.9 Å². The fourth-order valence-corrected chi connectivity index (χ4v) is 8.74. The smallest absolute Gasteiger partial charge is 0.310 e. The Labute approximate surface area is 221 Å². The first-order valence-electron chi connectivity index (χ1n) is 13.1. The van der Waals surface area contributed by atoms with Gasteiger partial charge in [0.2, 0.25) is 0 Å². The quantitative estimate of drug-likeness (QED) is 0.321. The topological polar surface area (TPSA) is 60.4 Å². The number of hydrogen-bond donors (Lipinski definition) is 0. The maximum absolute atomic E-state index is 14.0. The molecule has 0 unspecified atom stereocenters. The molecule has 3 aromatic rings. The van der Waals surface area contributed by atoms with Gasteiger partial charge in [0.15, 0.2) is 5.75 Å². The van der Waals surface area contributed by atoms with Crippen molar-refractivity contribution in [2.45, 2.75) is 60.8 Å². The van der Waals surface area contributed by atoms with Gasteiger partial charge in [0.05, 0.1) is 11.2 Å². The van der Waals surface area contributed by atoms with E-state index in [1.807, 2.05) is 76.2 Å². The van der Waals surface area contributed by atoms with Crippen LogP contribution in [0.25, 0.3) is 22.3 Å². The Morgan fingerprint density at radius 2 is 1.35 bits per heavy atom. The molecular formula is C32H36O4S. The Morgan fingerprint density at radius 1 is 0.838 bits per heavy atom. The minimum Gasteiger partial charge on any atom is -0.381 e. The number of fused-ring (bicyclic) bond motifs is 2. The summed E-state index contributed by atoms with van der Waals surface area (Å²) in [7, 11) is -4.11. The predicted molar refractivity (Wildman–Crippen MR) is 149 cm³/mol. The molecule has 0 amide bonds. The van der Waals surface area contributed by atoms with Gasteiger partial charge in [-0.25, -0.2) is 0 Å². The lowest BCUT2D eigenvalue weighted by Gasteiger charge is -2.36. The maximum atomic E-state index is 14.0. The van der Waals surface area contributed by atoms with Gasteiger partial charge < -0.3 is 4.18 Å². The zero-order chi connectivity index (χ0) is 26.8. The molecule has 0 saturated heterocycles. The lowest BCUT2D eigenvalue weighted by molar-refractivity contribution is -0.128. The van der Waals surface area contributed by atoms with Crippen molar-refractivity contribution in [1.82, 2.24) is 0 Å². The van der Waals surface area contributed by atoms with Crippen LogP contribution in [0.3, 0.4) is 0 Å². The number of benzene rings is 3. The molecule has 0 radical (unpaired) electrons. The van der Waals surface area contributed by atoms with Crippen LogP contribution in [0.4, 0.5) is 0 Å². The van der Waals surface area contributed by atoms with Gasteiger partial charge >= 0.3 is 10.1 Å². The first-order chi connectivity index (χ1) is 17.4. The van der Waals surface area contributed by atoms with E-state index in [0.717, 1.165) is 50.9 Å². The first kappa shape index (κ1) is 25.7. The Kier molecular flexibility index (Phi) is 6.14. The van der Waals surface area contributed by atoms with Crippen molar-refractivity contribution in [1.29, 1.82) is 0 Å². The highest BCUT2D eigenvalue weighted by molar-refractivity contribution is 7.87. The van der Waals surface area contributed by atoms with Gasteiger partial charge in [-0.1, -0.05) is 68.4 Å². The average Bonchev–Trinajstić information content (AvgIpc) is 3.15. The molecule has 0 aliphatic heterocycles. The van der Waals surface area contributed by atoms with Crippen molar-refractivity contribution in [2.75, 3.05) is 5.75 Å². The number of carbonyl (C=O) groups excluding carboxylic acids is 1. The van der Waals surface area contributed by atoms with Crippen LogP contribution < -0.4 is 4.18 Å². The Bertz CT molecular complexity index is 1450. The van der Waals surface area contributed by atoms with Crippen LogP contribution in [0.2, 0.25) is 0 Å². The van der Waals surface area contributed by atoms with Crippen molar-refractivity contribution in [3.8, 4) is 28.0 Å². The van der Waals surface area contributed by atoms with E-state index in [9.17, 15) is 13.2 Å². The molecule has 194 valence electrons. The highest BCUT2D eigenvalue weighted by Gasteiger charge is 2.65. The van der Waals surface area contributed by atoms with E-state index in [0.29, 0.717) is 18.6 Å². The van der Waals surface area contributed by atoms with Gasteiger partial charge in [-0.2, -0.15) is 8.42 Å². The van der Waals surface area contributed by atoms with Crippen molar-refractivity contribution in [3.63, 3.8) is 0 Å². The van der Waals surface area contributed by atoms with Gasteiger partial charge in [-0.3, -0.25) is 4.79 Å². The number of carbonyl (C=O) groups is 1. The van der Waals surface area contributed by atoms with Gasteiger partial charge in [0, 0.05) is 17.5 Å². The van der Waals surface area contributed by atoms with Crippen LogP contribution in [0.1, 0.15) is 55.4 Å². The van der Waals surface area contributed by atoms with Crippen LogP contribution >= 0.6 is 0 Å². The van der Waals surface area contributed by atoms with Crippen LogP contribution in [-0.4, -0.2) is 20.0 Å². The summed E-state index contributed by atoms with van der Waals surface area (Å²) >= 11 is 0. The van der Waals surface area contributed by atoms with Crippen molar-refractivity contribution >= 4 is 15.9 Å². The standard InChI is InChI=1S/C32H36O4S/c1-20-11-7-9-13-25(20)28-22(3)17-23(4)29(26-14-10-8-12-21(26)2)30(28)36-37(34,35)19-32-16-15-24(18-27(32)33)31(32,5)6/h7-14,17,24H,15-16,18-19H2,1-6H3/t24-,32-/m1/s1. The molecule has 4 nitrogen and oxygen atoms in total. The Morgan fingerprint density at radius 3 is 1.78 bits per heavy atom. The van der Waals surface area contributed by atoms with Crippen molar-refractivity contribution in [2.24, 2.45) is 16.7 Å². The number of hydrogen-bond acceptors (Lipinski definition) is 4. The highest BCUT2D eigenvalue weighted by Crippen LogP contribution is 2.64. The molecule has 2 atom stereocenters. The van der Waals surface area contributed by atoms with E-state index in [1.165, 1.54) is 0 Å². The fraction of sp³-hybridized carbons (Fsp3) is 0.406. The normalized spacial score (nSPS) is 22.4.